The van der Waals surface area contributed by atoms with E-state index in [-0.39, 0.29) is 11.4 Å². The fourth-order valence-electron chi connectivity index (χ4n) is 3.41. The first-order chi connectivity index (χ1) is 14.0. The number of nitrogens with zero attached hydrogens (tertiary/aromatic N) is 4. The fraction of sp³-hybridized carbons (Fsp3) is 0.200. The average molecular weight is 426 g/mol. The highest BCUT2D eigenvalue weighted by Crippen LogP contribution is 2.33. The van der Waals surface area contributed by atoms with Gasteiger partial charge in [0.1, 0.15) is 11.6 Å². The minimum atomic E-state index is -0.423. The molecule has 1 N–H and O–H groups in total. The Hall–Kier alpha value is -2.78. The number of rotatable bonds is 3. The largest absolute Gasteiger partial charge is 0.495 e. The van der Waals surface area contributed by atoms with E-state index in [2.05, 4.69) is 14.0 Å². The number of thioether (sulfide) groups is 1. The number of para-hydroxylation sites is 2. The molecular formula is C20H19N5O2S2. The first-order valence-corrected chi connectivity index (χ1v) is 10.8. The molecule has 0 saturated carbocycles. The molecule has 2 aliphatic heterocycles. The van der Waals surface area contributed by atoms with Gasteiger partial charge in [-0.1, -0.05) is 23.9 Å². The number of benzene rings is 1. The Morgan fingerprint density at radius 3 is 2.76 bits per heavy atom. The van der Waals surface area contributed by atoms with Gasteiger partial charge in [-0.15, -0.1) is 0 Å². The van der Waals surface area contributed by atoms with Crippen molar-refractivity contribution in [3.8, 4) is 11.4 Å². The molecule has 2 aromatic rings. The molecule has 0 unspecified atom stereocenters. The summed E-state index contributed by atoms with van der Waals surface area (Å²) in [5.41, 5.74) is 3.98. The number of amidine groups is 3. The predicted molar refractivity (Wildman–Crippen MR) is 120 cm³/mol. The summed E-state index contributed by atoms with van der Waals surface area (Å²) < 4.78 is 11.9. The molecule has 1 amide bonds. The number of hydrogen-bond acceptors (Lipinski definition) is 6. The SMILES string of the molecule is COc1ccccc1-n1c(C)cc(/C=C2/C(=N)N3C(SC)=NSC3=NC2=O)c1C. The van der Waals surface area contributed by atoms with Crippen molar-refractivity contribution in [1.29, 1.82) is 5.41 Å². The van der Waals surface area contributed by atoms with Crippen molar-refractivity contribution < 1.29 is 9.53 Å². The summed E-state index contributed by atoms with van der Waals surface area (Å²) >= 11 is 2.54. The fourth-order valence-corrected chi connectivity index (χ4v) is 4.86. The maximum Gasteiger partial charge on any atom is 0.283 e. The summed E-state index contributed by atoms with van der Waals surface area (Å²) in [4.78, 5) is 18.3. The maximum absolute atomic E-state index is 12.6. The van der Waals surface area contributed by atoms with Gasteiger partial charge in [-0.05, 0) is 49.9 Å². The molecule has 0 saturated heterocycles. The van der Waals surface area contributed by atoms with Crippen LogP contribution in [0.25, 0.3) is 11.8 Å². The highest BCUT2D eigenvalue weighted by Gasteiger charge is 2.37. The monoisotopic (exact) mass is 425 g/mol. The number of hydrogen-bond donors (Lipinski definition) is 1. The number of amides is 1. The number of aliphatic imine (C=N–C) groups is 1. The zero-order valence-electron chi connectivity index (χ0n) is 16.4. The number of fused-ring (bicyclic) bond motifs is 1. The molecule has 0 atom stereocenters. The van der Waals surface area contributed by atoms with Gasteiger partial charge in [-0.3, -0.25) is 10.2 Å². The maximum atomic E-state index is 12.6. The van der Waals surface area contributed by atoms with Crippen LogP contribution in [-0.4, -0.2) is 44.9 Å². The predicted octanol–water partition coefficient (Wildman–Crippen LogP) is 4.04. The second kappa shape index (κ2) is 7.57. The summed E-state index contributed by atoms with van der Waals surface area (Å²) in [5, 5.41) is 9.65. The molecular weight excluding hydrogens is 406 g/mol. The molecule has 29 heavy (non-hydrogen) atoms. The third kappa shape index (κ3) is 3.20. The molecule has 1 aromatic heterocycles. The van der Waals surface area contributed by atoms with Gasteiger partial charge in [0, 0.05) is 11.4 Å². The molecule has 0 spiro atoms. The minimum absolute atomic E-state index is 0.0974. The van der Waals surface area contributed by atoms with E-state index in [1.165, 1.54) is 11.8 Å². The molecule has 2 aliphatic rings. The van der Waals surface area contributed by atoms with Crippen LogP contribution in [0.15, 0.2) is 45.3 Å². The van der Waals surface area contributed by atoms with Crippen LogP contribution in [0.3, 0.4) is 0 Å². The Kier molecular flexibility index (Phi) is 5.10. The second-order valence-corrected chi connectivity index (χ2v) is 7.95. The van der Waals surface area contributed by atoms with Crippen molar-refractivity contribution in [2.24, 2.45) is 9.39 Å². The summed E-state index contributed by atoms with van der Waals surface area (Å²) in [6.07, 6.45) is 3.62. The number of methoxy groups -OCH3 is 1. The number of carbonyl (C=O) groups is 1. The lowest BCUT2D eigenvalue weighted by atomic mass is 10.1. The second-order valence-electron chi connectivity index (χ2n) is 6.44. The lowest BCUT2D eigenvalue weighted by Gasteiger charge is -2.23. The number of nitrogens with one attached hydrogen (secondary N) is 1. The van der Waals surface area contributed by atoms with E-state index in [0.717, 1.165) is 40.3 Å². The van der Waals surface area contributed by atoms with Crippen LogP contribution in [0.4, 0.5) is 0 Å². The summed E-state index contributed by atoms with van der Waals surface area (Å²) in [5.74, 6) is 0.438. The van der Waals surface area contributed by atoms with E-state index in [9.17, 15) is 4.79 Å². The van der Waals surface area contributed by atoms with E-state index >= 15 is 0 Å². The van der Waals surface area contributed by atoms with Gasteiger partial charge in [0.05, 0.1) is 30.3 Å². The van der Waals surface area contributed by atoms with Gasteiger partial charge in [-0.25, -0.2) is 4.90 Å². The highest BCUT2D eigenvalue weighted by molar-refractivity contribution is 8.18. The van der Waals surface area contributed by atoms with Gasteiger partial charge in [0.15, 0.2) is 5.17 Å². The number of aryl methyl sites for hydroxylation is 1. The van der Waals surface area contributed by atoms with E-state index in [1.54, 1.807) is 18.1 Å². The van der Waals surface area contributed by atoms with Crippen LogP contribution in [0.2, 0.25) is 0 Å². The molecule has 0 aliphatic carbocycles. The van der Waals surface area contributed by atoms with E-state index in [4.69, 9.17) is 10.1 Å². The first-order valence-electron chi connectivity index (χ1n) is 8.81. The smallest absolute Gasteiger partial charge is 0.283 e. The van der Waals surface area contributed by atoms with Crippen LogP contribution in [0.5, 0.6) is 5.75 Å². The van der Waals surface area contributed by atoms with Crippen molar-refractivity contribution in [1.82, 2.24) is 9.47 Å². The minimum Gasteiger partial charge on any atom is -0.495 e. The number of ether oxygens (including phenoxy) is 1. The first kappa shape index (κ1) is 19.5. The number of aromatic nitrogens is 1. The van der Waals surface area contributed by atoms with E-state index in [0.29, 0.717) is 10.3 Å². The zero-order valence-corrected chi connectivity index (χ0v) is 18.0. The van der Waals surface area contributed by atoms with Crippen LogP contribution < -0.4 is 4.74 Å². The molecule has 0 bridgehead atoms. The Morgan fingerprint density at radius 1 is 1.28 bits per heavy atom. The van der Waals surface area contributed by atoms with Gasteiger partial charge in [0.25, 0.3) is 5.91 Å². The quantitative estimate of drug-likeness (QED) is 0.593. The molecule has 0 radical (unpaired) electrons. The van der Waals surface area contributed by atoms with Gasteiger partial charge in [0.2, 0.25) is 5.17 Å². The molecule has 4 rings (SSSR count). The Balaban J connectivity index is 1.79. The van der Waals surface area contributed by atoms with Crippen molar-refractivity contribution in [3.05, 3.63) is 52.9 Å². The van der Waals surface area contributed by atoms with Crippen molar-refractivity contribution >= 4 is 51.9 Å². The Labute approximate surface area is 177 Å². The van der Waals surface area contributed by atoms with Crippen LogP contribution in [-0.2, 0) is 4.79 Å². The molecule has 0 fully saturated rings. The normalized spacial score (nSPS) is 17.5. The van der Waals surface area contributed by atoms with Crippen LogP contribution >= 0.6 is 23.7 Å². The lowest BCUT2D eigenvalue weighted by molar-refractivity contribution is -0.114. The summed E-state index contributed by atoms with van der Waals surface area (Å²) in [6, 6.07) is 9.78. The third-order valence-electron chi connectivity index (χ3n) is 4.77. The Bertz CT molecular complexity index is 1130. The molecule has 7 nitrogen and oxygen atoms in total. The van der Waals surface area contributed by atoms with Gasteiger partial charge < -0.3 is 9.30 Å². The summed E-state index contributed by atoms with van der Waals surface area (Å²) in [6.45, 7) is 3.99. The van der Waals surface area contributed by atoms with Gasteiger partial charge in [-0.2, -0.15) is 9.39 Å². The van der Waals surface area contributed by atoms with Gasteiger partial charge >= 0.3 is 0 Å². The topological polar surface area (TPSA) is 83.0 Å². The Morgan fingerprint density at radius 2 is 2.03 bits per heavy atom. The third-order valence-corrected chi connectivity index (χ3v) is 6.23. The molecule has 148 valence electrons. The standard InChI is InChI=1S/C20H19N5O2S2/c1-11-9-13(12(2)24(11)15-7-5-6-8-16(15)27-3)10-14-17(21)25-19(22-18(14)26)29-23-20(25)28-4/h5-10,21H,1-4H3/b14-10-,21-17?. The van der Waals surface area contributed by atoms with Crippen LogP contribution in [0, 0.1) is 19.3 Å². The van der Waals surface area contributed by atoms with Crippen molar-refractivity contribution in [3.63, 3.8) is 0 Å². The molecule has 9 heteroatoms. The molecule has 3 heterocycles. The zero-order chi connectivity index (χ0) is 20.7. The van der Waals surface area contributed by atoms with E-state index in [1.807, 2.05) is 50.4 Å². The van der Waals surface area contributed by atoms with Crippen molar-refractivity contribution in [2.45, 2.75) is 13.8 Å². The molecule has 1 aromatic carbocycles. The summed E-state index contributed by atoms with van der Waals surface area (Å²) in [7, 11) is 1.65. The van der Waals surface area contributed by atoms with Crippen molar-refractivity contribution in [2.75, 3.05) is 13.4 Å². The lowest BCUT2D eigenvalue weighted by Crippen LogP contribution is -2.41. The number of carbonyl (C=O) groups excluding carboxylic acids is 1. The van der Waals surface area contributed by atoms with E-state index < -0.39 is 5.91 Å². The highest BCUT2D eigenvalue weighted by atomic mass is 32.2. The average Bonchev–Trinajstić information content (AvgIpc) is 3.25. The van der Waals surface area contributed by atoms with Crippen LogP contribution in [0.1, 0.15) is 17.0 Å².